The molecule has 3 heterocycles. The molecule has 7 heteroatoms. The van der Waals surface area contributed by atoms with E-state index in [1.54, 1.807) is 6.20 Å². The number of H-pyrrole nitrogens is 1. The van der Waals surface area contributed by atoms with Crippen LogP contribution in [0, 0.1) is 11.8 Å². The predicted molar refractivity (Wildman–Crippen MR) is 145 cm³/mol. The average molecular weight is 496 g/mol. The van der Waals surface area contributed by atoms with E-state index in [0.717, 1.165) is 40.3 Å². The summed E-state index contributed by atoms with van der Waals surface area (Å²) in [4.78, 5) is 34.8. The monoisotopic (exact) mass is 495 g/mol. The summed E-state index contributed by atoms with van der Waals surface area (Å²) >= 11 is 0. The quantitative estimate of drug-likeness (QED) is 0.321. The fourth-order valence-electron chi connectivity index (χ4n) is 6.19. The van der Waals surface area contributed by atoms with Crippen molar-refractivity contribution in [1.29, 1.82) is 0 Å². The summed E-state index contributed by atoms with van der Waals surface area (Å²) in [6, 6.07) is 16.8. The van der Waals surface area contributed by atoms with E-state index in [1.807, 2.05) is 60.8 Å². The number of nitrogens with one attached hydrogen (secondary N) is 4. The van der Waals surface area contributed by atoms with Crippen LogP contribution in [0.3, 0.4) is 0 Å². The van der Waals surface area contributed by atoms with Gasteiger partial charge in [0.1, 0.15) is 6.04 Å². The van der Waals surface area contributed by atoms with E-state index in [4.69, 9.17) is 0 Å². The first kappa shape index (κ1) is 23.7. The van der Waals surface area contributed by atoms with Crippen LogP contribution in [-0.4, -0.2) is 40.5 Å². The van der Waals surface area contributed by atoms with E-state index in [9.17, 15) is 9.59 Å². The number of aromatic amines is 1. The second-order valence-electron chi connectivity index (χ2n) is 10.4. The number of hydrogen-bond donors (Lipinski definition) is 4. The third kappa shape index (κ3) is 4.96. The van der Waals surface area contributed by atoms with Gasteiger partial charge in [0.05, 0.1) is 17.2 Å². The number of rotatable bonds is 6. The average Bonchev–Trinajstić information content (AvgIpc) is 3.35. The van der Waals surface area contributed by atoms with E-state index in [2.05, 4.69) is 25.9 Å². The summed E-state index contributed by atoms with van der Waals surface area (Å²) in [7, 11) is 0. The third-order valence-corrected chi connectivity index (χ3v) is 8.15. The minimum Gasteiger partial charge on any atom is -0.361 e. The van der Waals surface area contributed by atoms with Gasteiger partial charge in [-0.15, -0.1) is 0 Å². The molecule has 1 saturated heterocycles. The number of piperidine rings is 1. The third-order valence-electron chi connectivity index (χ3n) is 8.15. The SMILES string of the molecule is O=C(N[C@@H](Cc1c[nH]c2ccccc12)C(=O)NC1NCCC2CCCCC21)c1cnc2ccccc2c1. The maximum atomic E-state index is 13.7. The van der Waals surface area contributed by atoms with Gasteiger partial charge in [0.2, 0.25) is 5.91 Å². The highest BCUT2D eigenvalue weighted by molar-refractivity contribution is 6.00. The van der Waals surface area contributed by atoms with E-state index in [0.29, 0.717) is 23.8 Å². The minimum absolute atomic E-state index is 0.0590. The molecule has 0 bridgehead atoms. The molecule has 2 aromatic heterocycles. The summed E-state index contributed by atoms with van der Waals surface area (Å²) in [5.74, 6) is 0.646. The van der Waals surface area contributed by atoms with Gasteiger partial charge in [0.25, 0.3) is 5.91 Å². The number of amides is 2. The van der Waals surface area contributed by atoms with Crippen molar-refractivity contribution < 1.29 is 9.59 Å². The Morgan fingerprint density at radius 3 is 2.81 bits per heavy atom. The van der Waals surface area contributed by atoms with E-state index >= 15 is 0 Å². The van der Waals surface area contributed by atoms with Crippen LogP contribution in [-0.2, 0) is 11.2 Å². The van der Waals surface area contributed by atoms with Crippen molar-refractivity contribution in [3.05, 3.63) is 78.1 Å². The Morgan fingerprint density at radius 1 is 1.03 bits per heavy atom. The number of carbonyl (C=O) groups excluding carboxylic acids is 2. The summed E-state index contributed by atoms with van der Waals surface area (Å²) in [5, 5.41) is 11.8. The Bertz CT molecular complexity index is 1430. The normalized spacial score (nSPS) is 22.3. The second kappa shape index (κ2) is 10.3. The van der Waals surface area contributed by atoms with Crippen LogP contribution in [0.4, 0.5) is 0 Å². The maximum absolute atomic E-state index is 13.7. The molecule has 7 nitrogen and oxygen atoms in total. The smallest absolute Gasteiger partial charge is 0.253 e. The topological polar surface area (TPSA) is 98.9 Å². The number of aromatic nitrogens is 2. The Morgan fingerprint density at radius 2 is 1.86 bits per heavy atom. The summed E-state index contributed by atoms with van der Waals surface area (Å²) < 4.78 is 0. The van der Waals surface area contributed by atoms with E-state index in [1.165, 1.54) is 25.7 Å². The van der Waals surface area contributed by atoms with Gasteiger partial charge >= 0.3 is 0 Å². The number of carbonyl (C=O) groups is 2. The van der Waals surface area contributed by atoms with Crippen molar-refractivity contribution in [1.82, 2.24) is 25.9 Å². The zero-order valence-corrected chi connectivity index (χ0v) is 20.9. The molecular formula is C30H33N5O2. The van der Waals surface area contributed by atoms with Crippen molar-refractivity contribution >= 4 is 33.6 Å². The van der Waals surface area contributed by atoms with Gasteiger partial charge in [0.15, 0.2) is 0 Å². The fourth-order valence-corrected chi connectivity index (χ4v) is 6.19. The van der Waals surface area contributed by atoms with E-state index in [-0.39, 0.29) is 18.0 Å². The molecule has 0 spiro atoms. The first-order valence-corrected chi connectivity index (χ1v) is 13.4. The molecule has 1 aliphatic heterocycles. The van der Waals surface area contributed by atoms with Crippen molar-refractivity contribution in [3.63, 3.8) is 0 Å². The van der Waals surface area contributed by atoms with Crippen LogP contribution in [0.1, 0.15) is 48.0 Å². The van der Waals surface area contributed by atoms with Crippen LogP contribution in [0.2, 0.25) is 0 Å². The van der Waals surface area contributed by atoms with Crippen molar-refractivity contribution in [3.8, 4) is 0 Å². The Hall–Kier alpha value is -3.71. The van der Waals surface area contributed by atoms with Gasteiger partial charge in [-0.1, -0.05) is 55.7 Å². The molecule has 37 heavy (non-hydrogen) atoms. The van der Waals surface area contributed by atoms with Gasteiger partial charge < -0.3 is 15.6 Å². The van der Waals surface area contributed by atoms with Crippen LogP contribution < -0.4 is 16.0 Å². The van der Waals surface area contributed by atoms with Gasteiger partial charge in [-0.2, -0.15) is 0 Å². The highest BCUT2D eigenvalue weighted by Gasteiger charge is 2.36. The van der Waals surface area contributed by atoms with Gasteiger partial charge in [0, 0.05) is 35.1 Å². The molecule has 2 amide bonds. The predicted octanol–water partition coefficient (Wildman–Crippen LogP) is 4.30. The largest absolute Gasteiger partial charge is 0.361 e. The molecular weight excluding hydrogens is 462 g/mol. The Kier molecular flexibility index (Phi) is 6.62. The lowest BCUT2D eigenvalue weighted by atomic mass is 9.74. The Labute approximate surface area is 216 Å². The van der Waals surface area contributed by atoms with Crippen LogP contribution in [0.25, 0.3) is 21.8 Å². The summed E-state index contributed by atoms with van der Waals surface area (Å²) in [5.41, 5.74) is 3.29. The second-order valence-corrected chi connectivity index (χ2v) is 10.4. The molecule has 4 N–H and O–H groups in total. The molecule has 2 aromatic carbocycles. The first-order chi connectivity index (χ1) is 18.2. The van der Waals surface area contributed by atoms with Crippen LogP contribution >= 0.6 is 0 Å². The van der Waals surface area contributed by atoms with Crippen molar-refractivity contribution in [2.75, 3.05) is 6.54 Å². The van der Waals surface area contributed by atoms with Crippen LogP contribution in [0.5, 0.6) is 0 Å². The zero-order valence-electron chi connectivity index (χ0n) is 20.9. The highest BCUT2D eigenvalue weighted by Crippen LogP contribution is 2.36. The standard InChI is InChI=1S/C30H33N5O2/c36-29(22-15-20-8-2-5-11-25(20)32-18-22)34-27(16-21-17-33-26-12-6-4-9-23(21)26)30(37)35-28-24-10-3-1-7-19(24)13-14-31-28/h2,4-6,8-9,11-12,15,17-19,24,27-28,31,33H,1,3,7,10,13-14,16H2,(H,34,36)(H,35,37)/t19?,24?,27-,28?/m0/s1. The molecule has 190 valence electrons. The molecule has 4 aromatic rings. The number of pyridine rings is 1. The maximum Gasteiger partial charge on any atom is 0.253 e. The van der Waals surface area contributed by atoms with Gasteiger partial charge in [-0.3, -0.25) is 19.9 Å². The molecule has 1 aliphatic carbocycles. The highest BCUT2D eigenvalue weighted by atomic mass is 16.2. The van der Waals surface area contributed by atoms with Gasteiger partial charge in [-0.25, -0.2) is 0 Å². The lowest BCUT2D eigenvalue weighted by Crippen LogP contribution is -2.60. The molecule has 0 radical (unpaired) electrons. The fraction of sp³-hybridized carbons (Fsp3) is 0.367. The number of nitrogens with zero attached hydrogens (tertiary/aromatic N) is 1. The Balaban J connectivity index is 1.25. The molecule has 6 rings (SSSR count). The van der Waals surface area contributed by atoms with Gasteiger partial charge in [-0.05, 0) is 55.0 Å². The number of para-hydroxylation sites is 2. The molecule has 4 atom stereocenters. The lowest BCUT2D eigenvalue weighted by Gasteiger charge is -2.42. The molecule has 3 unspecified atom stereocenters. The van der Waals surface area contributed by atoms with Crippen LogP contribution in [0.15, 0.2) is 67.0 Å². The minimum atomic E-state index is -0.719. The zero-order chi connectivity index (χ0) is 25.2. The van der Waals surface area contributed by atoms with Crippen molar-refractivity contribution in [2.45, 2.75) is 50.7 Å². The molecule has 2 aliphatic rings. The molecule has 1 saturated carbocycles. The summed E-state index contributed by atoms with van der Waals surface area (Å²) in [6.07, 6.45) is 9.87. The summed E-state index contributed by atoms with van der Waals surface area (Å²) in [6.45, 7) is 0.911. The van der Waals surface area contributed by atoms with E-state index < -0.39 is 6.04 Å². The number of fused-ring (bicyclic) bond motifs is 3. The molecule has 2 fully saturated rings. The number of benzene rings is 2. The number of hydrogen-bond acceptors (Lipinski definition) is 4. The lowest BCUT2D eigenvalue weighted by molar-refractivity contribution is -0.125. The first-order valence-electron chi connectivity index (χ1n) is 13.4. The van der Waals surface area contributed by atoms with Crippen molar-refractivity contribution in [2.24, 2.45) is 11.8 Å².